The molecule has 1 fully saturated rings. The molecule has 5 nitrogen and oxygen atoms in total. The summed E-state index contributed by atoms with van der Waals surface area (Å²) in [5.74, 6) is 0. The number of aromatic nitrogens is 2. The second kappa shape index (κ2) is 8.05. The normalized spacial score (nSPS) is 17.0. The number of benzene rings is 1. The number of nitrogens with one attached hydrogen (secondary N) is 1. The molecule has 1 N–H and O–H groups in total. The Morgan fingerprint density at radius 1 is 1.31 bits per heavy atom. The maximum Gasteiger partial charge on any atom is 0.408 e. The maximum atomic E-state index is 12.2. The topological polar surface area (TPSA) is 56.2 Å². The van der Waals surface area contributed by atoms with E-state index in [-0.39, 0.29) is 17.7 Å². The predicted molar refractivity (Wildman–Crippen MR) is 117 cm³/mol. The van der Waals surface area contributed by atoms with Crippen LogP contribution < -0.4 is 5.32 Å². The largest absolute Gasteiger partial charge is 0.444 e. The Labute approximate surface area is 174 Å². The van der Waals surface area contributed by atoms with Crippen LogP contribution in [0.15, 0.2) is 48.4 Å². The molecular weight excluding hydrogens is 362 g/mol. The first-order valence-electron chi connectivity index (χ1n) is 10.5. The zero-order valence-corrected chi connectivity index (χ0v) is 18.5. The van der Waals surface area contributed by atoms with Gasteiger partial charge in [0.25, 0.3) is 0 Å². The zero-order chi connectivity index (χ0) is 21.2. The van der Waals surface area contributed by atoms with Crippen molar-refractivity contribution in [3.05, 3.63) is 54.0 Å². The van der Waals surface area contributed by atoms with Gasteiger partial charge >= 0.3 is 6.09 Å². The van der Waals surface area contributed by atoms with E-state index in [1.54, 1.807) is 0 Å². The van der Waals surface area contributed by atoms with Gasteiger partial charge in [-0.25, -0.2) is 9.78 Å². The van der Waals surface area contributed by atoms with Gasteiger partial charge in [-0.2, -0.15) is 0 Å². The molecule has 1 aliphatic rings. The first-order chi connectivity index (χ1) is 13.7. The number of imidazole rings is 1. The fourth-order valence-corrected chi connectivity index (χ4v) is 3.83. The van der Waals surface area contributed by atoms with Gasteiger partial charge in [-0.05, 0) is 65.0 Å². The summed E-state index contributed by atoms with van der Waals surface area (Å²) in [7, 11) is 0. The third-order valence-corrected chi connectivity index (χ3v) is 5.62. The Kier molecular flexibility index (Phi) is 5.87. The Morgan fingerprint density at radius 3 is 2.48 bits per heavy atom. The molecule has 5 heteroatoms. The van der Waals surface area contributed by atoms with Crippen LogP contribution in [0.4, 0.5) is 4.79 Å². The lowest BCUT2D eigenvalue weighted by Crippen LogP contribution is -2.39. The van der Waals surface area contributed by atoms with Crippen molar-refractivity contribution in [3.8, 4) is 11.3 Å². The fraction of sp³-hybridized carbons (Fsp3) is 0.500. The number of amides is 1. The quantitative estimate of drug-likeness (QED) is 0.612. The minimum absolute atomic E-state index is 0.269. The molecule has 0 saturated heterocycles. The number of allylic oxidation sites excluding steroid dienone is 2. The van der Waals surface area contributed by atoms with Gasteiger partial charge in [-0.1, -0.05) is 42.8 Å². The summed E-state index contributed by atoms with van der Waals surface area (Å²) in [6, 6.07) is 8.73. The van der Waals surface area contributed by atoms with Crippen LogP contribution in [0.25, 0.3) is 11.3 Å². The van der Waals surface area contributed by atoms with E-state index in [4.69, 9.17) is 4.74 Å². The van der Waals surface area contributed by atoms with E-state index >= 15 is 0 Å². The molecule has 1 aliphatic carbocycles. The maximum absolute atomic E-state index is 12.2. The molecule has 1 aromatic carbocycles. The summed E-state index contributed by atoms with van der Waals surface area (Å²) in [6.45, 7) is 12.1. The van der Waals surface area contributed by atoms with E-state index in [0.717, 1.165) is 36.1 Å². The highest BCUT2D eigenvalue weighted by Crippen LogP contribution is 2.46. The van der Waals surface area contributed by atoms with E-state index in [0.29, 0.717) is 0 Å². The first-order valence-corrected chi connectivity index (χ1v) is 10.5. The predicted octanol–water partition coefficient (Wildman–Crippen LogP) is 5.98. The van der Waals surface area contributed by atoms with E-state index in [1.165, 1.54) is 5.57 Å². The Balaban J connectivity index is 1.78. The Bertz CT molecular complexity index is 884. The van der Waals surface area contributed by atoms with Crippen molar-refractivity contribution in [2.45, 2.75) is 78.0 Å². The monoisotopic (exact) mass is 395 g/mol. The lowest BCUT2D eigenvalue weighted by Gasteiger charge is -2.24. The number of carbonyl (C=O) groups excluding carboxylic acids is 1. The number of hydrogen-bond donors (Lipinski definition) is 1. The molecule has 0 radical (unpaired) electrons. The van der Waals surface area contributed by atoms with E-state index in [9.17, 15) is 4.79 Å². The number of rotatable bonds is 6. The van der Waals surface area contributed by atoms with Gasteiger partial charge in [0, 0.05) is 0 Å². The molecule has 1 heterocycles. The third-order valence-electron chi connectivity index (χ3n) is 5.62. The summed E-state index contributed by atoms with van der Waals surface area (Å²) in [4.78, 5) is 16.6. The van der Waals surface area contributed by atoms with Gasteiger partial charge in [0.2, 0.25) is 0 Å². The van der Waals surface area contributed by atoms with Crippen LogP contribution in [-0.4, -0.2) is 21.2 Å². The van der Waals surface area contributed by atoms with E-state index in [2.05, 4.69) is 66.0 Å². The van der Waals surface area contributed by atoms with Crippen LogP contribution in [0.2, 0.25) is 0 Å². The van der Waals surface area contributed by atoms with Crippen molar-refractivity contribution in [3.63, 3.8) is 0 Å². The van der Waals surface area contributed by atoms with Crippen molar-refractivity contribution < 1.29 is 9.53 Å². The lowest BCUT2D eigenvalue weighted by molar-refractivity contribution is 0.0495. The van der Waals surface area contributed by atoms with Crippen LogP contribution in [0.5, 0.6) is 0 Å². The number of carbonyl (C=O) groups is 1. The highest BCUT2D eigenvalue weighted by molar-refractivity contribution is 5.70. The molecule has 2 aromatic rings. The summed E-state index contributed by atoms with van der Waals surface area (Å²) in [5, 5.41) is 3.07. The van der Waals surface area contributed by atoms with Crippen molar-refractivity contribution in [2.75, 3.05) is 0 Å². The molecule has 0 aliphatic heterocycles. The summed E-state index contributed by atoms with van der Waals surface area (Å²) in [6.07, 6.45) is 8.54. The molecule has 29 heavy (non-hydrogen) atoms. The Morgan fingerprint density at radius 2 is 1.97 bits per heavy atom. The SMILES string of the molecule is CC=C(CC)C(C)n1cncc1-c1ccc(C2(NC(=O)OC(C)(C)C)CC2)cc1. The molecule has 3 rings (SSSR count). The van der Waals surface area contributed by atoms with Gasteiger partial charge in [0.1, 0.15) is 5.60 Å². The number of ether oxygens (including phenoxy) is 1. The molecule has 156 valence electrons. The number of alkyl carbamates (subject to hydrolysis) is 1. The van der Waals surface area contributed by atoms with Crippen LogP contribution in [0, 0.1) is 0 Å². The van der Waals surface area contributed by atoms with Crippen LogP contribution in [0.1, 0.15) is 72.4 Å². The van der Waals surface area contributed by atoms with Gasteiger partial charge in [-0.15, -0.1) is 0 Å². The summed E-state index contributed by atoms with van der Waals surface area (Å²) in [5.41, 5.74) is 3.94. The molecule has 1 saturated carbocycles. The summed E-state index contributed by atoms with van der Waals surface area (Å²) < 4.78 is 7.66. The fourth-order valence-electron chi connectivity index (χ4n) is 3.83. The standard InChI is InChI=1S/C24H33N3O2/c1-7-18(8-2)17(3)27-16-25-15-21(27)19-9-11-20(12-10-19)24(13-14-24)26-22(28)29-23(4,5)6/h7,9-12,15-17H,8,13-14H2,1-6H3,(H,26,28). The smallest absolute Gasteiger partial charge is 0.408 e. The van der Waals surface area contributed by atoms with Crippen molar-refractivity contribution in [1.29, 1.82) is 0 Å². The molecule has 1 aromatic heterocycles. The second-order valence-electron chi connectivity index (χ2n) is 8.87. The molecule has 0 bridgehead atoms. The average Bonchev–Trinajstić information content (AvgIpc) is 3.26. The number of nitrogens with zero attached hydrogens (tertiary/aromatic N) is 2. The van der Waals surface area contributed by atoms with Crippen molar-refractivity contribution in [1.82, 2.24) is 14.9 Å². The third kappa shape index (κ3) is 4.72. The zero-order valence-electron chi connectivity index (χ0n) is 18.5. The highest BCUT2D eigenvalue weighted by Gasteiger charge is 2.46. The van der Waals surface area contributed by atoms with E-state index in [1.807, 2.05) is 33.3 Å². The minimum Gasteiger partial charge on any atom is -0.444 e. The minimum atomic E-state index is -0.497. The van der Waals surface area contributed by atoms with Gasteiger partial charge in [0.05, 0.1) is 29.8 Å². The average molecular weight is 396 g/mol. The molecular formula is C24H33N3O2. The molecule has 1 atom stereocenters. The van der Waals surface area contributed by atoms with Crippen molar-refractivity contribution in [2.24, 2.45) is 0 Å². The van der Waals surface area contributed by atoms with E-state index < -0.39 is 5.60 Å². The molecule has 1 amide bonds. The summed E-state index contributed by atoms with van der Waals surface area (Å²) >= 11 is 0. The van der Waals surface area contributed by atoms with Gasteiger partial charge in [0.15, 0.2) is 0 Å². The highest BCUT2D eigenvalue weighted by atomic mass is 16.6. The van der Waals surface area contributed by atoms with Gasteiger partial charge in [-0.3, -0.25) is 0 Å². The second-order valence-corrected chi connectivity index (χ2v) is 8.87. The van der Waals surface area contributed by atoms with Gasteiger partial charge < -0.3 is 14.6 Å². The van der Waals surface area contributed by atoms with Crippen LogP contribution in [0.3, 0.4) is 0 Å². The first kappa shape index (κ1) is 21.2. The number of hydrogen-bond acceptors (Lipinski definition) is 3. The molecule has 0 spiro atoms. The van der Waals surface area contributed by atoms with Crippen LogP contribution in [-0.2, 0) is 10.3 Å². The lowest BCUT2D eigenvalue weighted by atomic mass is 10.0. The Hall–Kier alpha value is -2.56. The van der Waals surface area contributed by atoms with Crippen molar-refractivity contribution >= 4 is 6.09 Å². The van der Waals surface area contributed by atoms with Crippen LogP contribution >= 0.6 is 0 Å². The molecule has 1 unspecified atom stereocenters.